The van der Waals surface area contributed by atoms with Crippen molar-refractivity contribution in [1.82, 2.24) is 4.98 Å². The number of benzene rings is 2. The molecule has 0 bridgehead atoms. The molecule has 5 rings (SSSR count). The Morgan fingerprint density at radius 2 is 1.94 bits per heavy atom. The molecule has 1 N–H and O–H groups in total. The number of furan rings is 1. The summed E-state index contributed by atoms with van der Waals surface area (Å²) in [5.74, 6) is -1.95. The Morgan fingerprint density at radius 3 is 2.66 bits per heavy atom. The van der Waals surface area contributed by atoms with Gasteiger partial charge in [-0.05, 0) is 29.8 Å². The zero-order chi connectivity index (χ0) is 24.7. The molecule has 174 valence electrons. The van der Waals surface area contributed by atoms with Gasteiger partial charge in [0.05, 0.1) is 23.6 Å². The van der Waals surface area contributed by atoms with Crippen LogP contribution in [0.4, 0.5) is 11.5 Å². The molecule has 35 heavy (non-hydrogen) atoms. The van der Waals surface area contributed by atoms with Crippen LogP contribution in [0.25, 0.3) is 11.0 Å². The van der Waals surface area contributed by atoms with Crippen LogP contribution in [0.5, 0.6) is 5.75 Å². The molecule has 0 spiro atoms. The van der Waals surface area contributed by atoms with Crippen molar-refractivity contribution in [3.8, 4) is 5.75 Å². The lowest BCUT2D eigenvalue weighted by Gasteiger charge is -2.25. The number of non-ortho nitro benzene ring substituents is 1. The molecule has 0 saturated carbocycles. The molecular weight excluding hydrogens is 454 g/mol. The third kappa shape index (κ3) is 3.57. The summed E-state index contributed by atoms with van der Waals surface area (Å²) in [7, 11) is 1.46. The van der Waals surface area contributed by atoms with E-state index < -0.39 is 28.4 Å². The first-order valence-corrected chi connectivity index (χ1v) is 10.4. The lowest BCUT2D eigenvalue weighted by molar-refractivity contribution is -0.384. The SMILES string of the molecule is COc1cccc2cc(C(=O)C3=C(O)C(=O)N(c4ccccn4)C3c3cccc([N+](=O)[O-])c3)oc12. The average Bonchev–Trinajstić information content (AvgIpc) is 3.43. The Hall–Kier alpha value is -4.99. The number of ketones is 1. The van der Waals surface area contributed by atoms with E-state index in [1.54, 1.807) is 30.3 Å². The van der Waals surface area contributed by atoms with Crippen molar-refractivity contribution in [2.75, 3.05) is 12.0 Å². The molecule has 2 aromatic carbocycles. The number of carbonyl (C=O) groups excluding carboxylic acids is 2. The van der Waals surface area contributed by atoms with E-state index in [-0.39, 0.29) is 28.4 Å². The summed E-state index contributed by atoms with van der Waals surface area (Å²) < 4.78 is 11.0. The molecule has 10 heteroatoms. The maximum Gasteiger partial charge on any atom is 0.295 e. The highest BCUT2D eigenvalue weighted by atomic mass is 16.6. The summed E-state index contributed by atoms with van der Waals surface area (Å²) in [6, 6.07) is 15.8. The van der Waals surface area contributed by atoms with Crippen molar-refractivity contribution in [1.29, 1.82) is 0 Å². The standard InChI is InChI=1S/C25H17N3O7/c1-34-17-9-5-7-15-13-18(35-24(15)17)22(29)20-21(14-6-4-8-16(12-14)28(32)33)27(25(31)23(20)30)19-10-2-3-11-26-19/h2-13,21,30H,1H3. The Labute approximate surface area is 197 Å². The summed E-state index contributed by atoms with van der Waals surface area (Å²) in [5.41, 5.74) is 0.0669. The number of amides is 1. The van der Waals surface area contributed by atoms with Gasteiger partial charge in [0.15, 0.2) is 22.9 Å². The lowest BCUT2D eigenvalue weighted by Crippen LogP contribution is -2.31. The van der Waals surface area contributed by atoms with Gasteiger partial charge in [0, 0.05) is 23.7 Å². The van der Waals surface area contributed by atoms with Gasteiger partial charge < -0.3 is 14.3 Å². The monoisotopic (exact) mass is 471 g/mol. The molecular formula is C25H17N3O7. The van der Waals surface area contributed by atoms with Gasteiger partial charge in [0.1, 0.15) is 5.82 Å². The number of aliphatic hydroxyl groups excluding tert-OH is 1. The Kier molecular flexibility index (Phi) is 5.25. The number of ether oxygens (including phenoxy) is 1. The van der Waals surface area contributed by atoms with Crippen LogP contribution in [0, 0.1) is 10.1 Å². The summed E-state index contributed by atoms with van der Waals surface area (Å²) in [6.45, 7) is 0. The molecule has 1 unspecified atom stereocenters. The van der Waals surface area contributed by atoms with Crippen molar-refractivity contribution < 1.29 is 28.8 Å². The second-order valence-corrected chi connectivity index (χ2v) is 7.70. The van der Waals surface area contributed by atoms with Crippen LogP contribution in [-0.2, 0) is 4.79 Å². The number of Topliss-reactive ketones (excluding diaryl/α,β-unsaturated/α-hetero) is 1. The summed E-state index contributed by atoms with van der Waals surface area (Å²) in [6.07, 6.45) is 1.45. The molecule has 4 aromatic rings. The third-order valence-corrected chi connectivity index (χ3v) is 5.70. The van der Waals surface area contributed by atoms with Gasteiger partial charge in [0.2, 0.25) is 5.78 Å². The molecule has 2 aromatic heterocycles. The largest absolute Gasteiger partial charge is 0.503 e. The van der Waals surface area contributed by atoms with Gasteiger partial charge in [0.25, 0.3) is 11.6 Å². The molecule has 1 atom stereocenters. The maximum absolute atomic E-state index is 13.7. The molecule has 10 nitrogen and oxygen atoms in total. The quantitative estimate of drug-likeness (QED) is 0.246. The minimum absolute atomic E-state index is 0.128. The van der Waals surface area contributed by atoms with Crippen molar-refractivity contribution in [3.63, 3.8) is 0 Å². The van der Waals surface area contributed by atoms with Crippen LogP contribution < -0.4 is 9.64 Å². The normalized spacial score (nSPS) is 15.6. The van der Waals surface area contributed by atoms with E-state index in [1.807, 2.05) is 0 Å². The smallest absolute Gasteiger partial charge is 0.295 e. The van der Waals surface area contributed by atoms with Crippen LogP contribution in [0.3, 0.4) is 0 Å². The third-order valence-electron chi connectivity index (χ3n) is 5.70. The van der Waals surface area contributed by atoms with Gasteiger partial charge in [-0.25, -0.2) is 4.98 Å². The fourth-order valence-corrected chi connectivity index (χ4v) is 4.14. The molecule has 1 aliphatic heterocycles. The first-order valence-electron chi connectivity index (χ1n) is 10.4. The van der Waals surface area contributed by atoms with E-state index in [4.69, 9.17) is 9.15 Å². The number of aromatic nitrogens is 1. The van der Waals surface area contributed by atoms with Crippen LogP contribution in [0.15, 0.2) is 88.7 Å². The molecule has 1 aliphatic rings. The second-order valence-electron chi connectivity index (χ2n) is 7.70. The summed E-state index contributed by atoms with van der Waals surface area (Å²) in [5, 5.41) is 22.8. The zero-order valence-electron chi connectivity index (χ0n) is 18.2. The highest BCUT2D eigenvalue weighted by molar-refractivity contribution is 6.20. The predicted molar refractivity (Wildman–Crippen MR) is 124 cm³/mol. The van der Waals surface area contributed by atoms with Gasteiger partial charge in [-0.2, -0.15) is 0 Å². The predicted octanol–water partition coefficient (Wildman–Crippen LogP) is 4.53. The highest BCUT2D eigenvalue weighted by Crippen LogP contribution is 2.42. The number of methoxy groups -OCH3 is 1. The van der Waals surface area contributed by atoms with Crippen molar-refractivity contribution in [2.45, 2.75) is 6.04 Å². The van der Waals surface area contributed by atoms with Crippen LogP contribution in [-0.4, -0.2) is 33.8 Å². The molecule has 0 aliphatic carbocycles. The topological polar surface area (TPSA) is 136 Å². The number of para-hydroxylation sites is 1. The number of nitro benzene ring substituents is 1. The number of aliphatic hydroxyl groups is 1. The number of anilines is 1. The number of fused-ring (bicyclic) bond motifs is 1. The van der Waals surface area contributed by atoms with Gasteiger partial charge in [-0.1, -0.05) is 30.3 Å². The van der Waals surface area contributed by atoms with E-state index in [1.165, 1.54) is 49.7 Å². The number of rotatable bonds is 6. The number of hydrogen-bond acceptors (Lipinski definition) is 8. The Morgan fingerprint density at radius 1 is 1.14 bits per heavy atom. The molecule has 1 amide bonds. The first-order chi connectivity index (χ1) is 16.9. The number of hydrogen-bond donors (Lipinski definition) is 1. The summed E-state index contributed by atoms with van der Waals surface area (Å²) >= 11 is 0. The van der Waals surface area contributed by atoms with E-state index in [9.17, 15) is 24.8 Å². The minimum Gasteiger partial charge on any atom is -0.503 e. The number of nitro groups is 1. The van der Waals surface area contributed by atoms with Crippen molar-refractivity contribution in [3.05, 3.63) is 106 Å². The minimum atomic E-state index is -1.18. The van der Waals surface area contributed by atoms with E-state index >= 15 is 0 Å². The molecule has 0 saturated heterocycles. The summed E-state index contributed by atoms with van der Waals surface area (Å²) in [4.78, 5) is 43.0. The highest BCUT2D eigenvalue weighted by Gasteiger charge is 2.46. The maximum atomic E-state index is 13.7. The van der Waals surface area contributed by atoms with Crippen LogP contribution in [0.1, 0.15) is 22.2 Å². The number of pyridine rings is 1. The average molecular weight is 471 g/mol. The Balaban J connectivity index is 1.68. The van der Waals surface area contributed by atoms with Crippen molar-refractivity contribution in [2.24, 2.45) is 0 Å². The van der Waals surface area contributed by atoms with E-state index in [0.717, 1.165) is 4.90 Å². The first kappa shape index (κ1) is 21.8. The molecule has 0 fully saturated rings. The fourth-order valence-electron chi connectivity index (χ4n) is 4.14. The number of nitrogens with zero attached hydrogens (tertiary/aromatic N) is 3. The van der Waals surface area contributed by atoms with Crippen LogP contribution in [0.2, 0.25) is 0 Å². The van der Waals surface area contributed by atoms with Gasteiger partial charge >= 0.3 is 0 Å². The van der Waals surface area contributed by atoms with Crippen LogP contribution >= 0.6 is 0 Å². The molecule has 0 radical (unpaired) electrons. The zero-order valence-corrected chi connectivity index (χ0v) is 18.2. The Bertz CT molecular complexity index is 1520. The van der Waals surface area contributed by atoms with Gasteiger partial charge in [-0.3, -0.25) is 24.6 Å². The number of carbonyl (C=O) groups is 2. The van der Waals surface area contributed by atoms with E-state index in [0.29, 0.717) is 16.7 Å². The fraction of sp³-hybridized carbons (Fsp3) is 0.0800. The lowest BCUT2D eigenvalue weighted by atomic mass is 9.94. The van der Waals surface area contributed by atoms with Gasteiger partial charge in [-0.15, -0.1) is 0 Å². The van der Waals surface area contributed by atoms with E-state index in [2.05, 4.69) is 4.98 Å². The second kappa shape index (κ2) is 8.41. The van der Waals surface area contributed by atoms with Crippen molar-refractivity contribution >= 4 is 34.2 Å². The molecule has 3 heterocycles.